The summed E-state index contributed by atoms with van der Waals surface area (Å²) >= 11 is 0. The average Bonchev–Trinajstić information content (AvgIpc) is 3.15. The first-order chi connectivity index (χ1) is 10.2. The molecule has 0 radical (unpaired) electrons. The van der Waals surface area contributed by atoms with E-state index in [2.05, 4.69) is 64.6 Å². The third kappa shape index (κ3) is 3.42. The van der Waals surface area contributed by atoms with Gasteiger partial charge in [0.05, 0.1) is 6.54 Å². The fraction of sp³-hybridized carbons (Fsp3) is 0.500. The summed E-state index contributed by atoms with van der Waals surface area (Å²) in [5, 5.41) is 11.6. The smallest absolute Gasteiger partial charge is 0.318 e. The van der Waals surface area contributed by atoms with Gasteiger partial charge in [-0.25, -0.2) is 0 Å². The Hall–Kier alpha value is -1.88. The van der Waals surface area contributed by atoms with Gasteiger partial charge in [-0.15, -0.1) is 5.10 Å². The van der Waals surface area contributed by atoms with Gasteiger partial charge in [0.2, 0.25) is 5.89 Å². The largest absolute Gasteiger partial charge is 0.407 e. The van der Waals surface area contributed by atoms with Gasteiger partial charge >= 0.3 is 6.01 Å². The molecule has 3 rings (SSSR count). The molecule has 0 spiro atoms. The zero-order chi connectivity index (χ0) is 14.7. The molecule has 0 bridgehead atoms. The van der Waals surface area contributed by atoms with Crippen LogP contribution in [0.1, 0.15) is 37.6 Å². The molecule has 21 heavy (non-hydrogen) atoms. The normalized spacial score (nSPS) is 18.6. The van der Waals surface area contributed by atoms with E-state index in [9.17, 15) is 0 Å². The first-order valence-electron chi connectivity index (χ1n) is 7.58. The molecule has 1 unspecified atom stereocenters. The quantitative estimate of drug-likeness (QED) is 0.915. The van der Waals surface area contributed by atoms with Gasteiger partial charge in [0.1, 0.15) is 0 Å². The van der Waals surface area contributed by atoms with Crippen LogP contribution in [0.4, 0.5) is 6.01 Å². The Kier molecular flexibility index (Phi) is 4.20. The Morgan fingerprint density at radius 1 is 1.29 bits per heavy atom. The number of aromatic nitrogens is 2. The summed E-state index contributed by atoms with van der Waals surface area (Å²) in [6.45, 7) is 6.74. The van der Waals surface area contributed by atoms with Crippen molar-refractivity contribution in [2.75, 3.05) is 18.0 Å². The van der Waals surface area contributed by atoms with Gasteiger partial charge in [0.15, 0.2) is 0 Å². The van der Waals surface area contributed by atoms with Crippen LogP contribution in [0.15, 0.2) is 34.7 Å². The first-order valence-corrected chi connectivity index (χ1v) is 7.58. The molecule has 1 atom stereocenters. The van der Waals surface area contributed by atoms with Crippen molar-refractivity contribution in [3.05, 3.63) is 41.8 Å². The van der Waals surface area contributed by atoms with Crippen LogP contribution in [-0.2, 0) is 6.54 Å². The Balaban J connectivity index is 1.61. The van der Waals surface area contributed by atoms with E-state index in [1.807, 2.05) is 0 Å². The predicted octanol–water partition coefficient (Wildman–Crippen LogP) is 2.56. The fourth-order valence-electron chi connectivity index (χ4n) is 2.67. The molecule has 1 aromatic carbocycles. The second-order valence-electron chi connectivity index (χ2n) is 5.86. The third-order valence-electron chi connectivity index (χ3n) is 3.85. The maximum Gasteiger partial charge on any atom is 0.318 e. The summed E-state index contributed by atoms with van der Waals surface area (Å²) in [4.78, 5) is 2.18. The van der Waals surface area contributed by atoms with E-state index >= 15 is 0 Å². The van der Waals surface area contributed by atoms with Gasteiger partial charge in [-0.2, -0.15) is 0 Å². The van der Waals surface area contributed by atoms with Crippen LogP contribution in [-0.4, -0.2) is 29.3 Å². The zero-order valence-corrected chi connectivity index (χ0v) is 12.6. The van der Waals surface area contributed by atoms with Crippen molar-refractivity contribution in [3.8, 4) is 0 Å². The number of rotatable bonds is 5. The van der Waals surface area contributed by atoms with Crippen LogP contribution < -0.4 is 10.2 Å². The summed E-state index contributed by atoms with van der Waals surface area (Å²) in [7, 11) is 0. The molecule has 1 aromatic heterocycles. The SMILES string of the molecule is CC(C)NCc1nnc(N2CCC(c3ccccc3)C2)o1. The van der Waals surface area contributed by atoms with Crippen molar-refractivity contribution in [3.63, 3.8) is 0 Å². The summed E-state index contributed by atoms with van der Waals surface area (Å²) in [6, 6.07) is 11.7. The van der Waals surface area contributed by atoms with E-state index in [1.165, 1.54) is 5.56 Å². The molecule has 0 amide bonds. The van der Waals surface area contributed by atoms with Crippen molar-refractivity contribution in [2.24, 2.45) is 0 Å². The second kappa shape index (κ2) is 6.26. The van der Waals surface area contributed by atoms with E-state index in [4.69, 9.17) is 4.42 Å². The van der Waals surface area contributed by atoms with Crippen molar-refractivity contribution < 1.29 is 4.42 Å². The molecule has 1 fully saturated rings. The van der Waals surface area contributed by atoms with Gasteiger partial charge in [-0.05, 0) is 12.0 Å². The number of anilines is 1. The molecule has 1 N–H and O–H groups in total. The Morgan fingerprint density at radius 3 is 2.86 bits per heavy atom. The second-order valence-corrected chi connectivity index (χ2v) is 5.86. The van der Waals surface area contributed by atoms with Crippen LogP contribution in [0.3, 0.4) is 0 Å². The van der Waals surface area contributed by atoms with Gasteiger partial charge in [-0.1, -0.05) is 49.3 Å². The van der Waals surface area contributed by atoms with Crippen molar-refractivity contribution in [2.45, 2.75) is 38.8 Å². The molecule has 5 heteroatoms. The predicted molar refractivity (Wildman–Crippen MR) is 82.3 cm³/mol. The highest BCUT2D eigenvalue weighted by Crippen LogP contribution is 2.29. The van der Waals surface area contributed by atoms with Crippen molar-refractivity contribution >= 4 is 6.01 Å². The Labute approximate surface area is 125 Å². The van der Waals surface area contributed by atoms with E-state index in [-0.39, 0.29) is 0 Å². The minimum Gasteiger partial charge on any atom is -0.407 e. The zero-order valence-electron chi connectivity index (χ0n) is 12.6. The molecule has 0 saturated carbocycles. The van der Waals surface area contributed by atoms with Gasteiger partial charge in [0, 0.05) is 25.0 Å². The lowest BCUT2D eigenvalue weighted by molar-refractivity contribution is 0.450. The molecule has 112 valence electrons. The molecule has 1 saturated heterocycles. The van der Waals surface area contributed by atoms with Crippen molar-refractivity contribution in [1.82, 2.24) is 15.5 Å². The highest BCUT2D eigenvalue weighted by atomic mass is 16.4. The summed E-state index contributed by atoms with van der Waals surface area (Å²) < 4.78 is 5.74. The first kappa shape index (κ1) is 14.1. The van der Waals surface area contributed by atoms with E-state index < -0.39 is 0 Å². The van der Waals surface area contributed by atoms with Crippen LogP contribution in [0, 0.1) is 0 Å². The van der Waals surface area contributed by atoms with E-state index in [0.717, 1.165) is 19.5 Å². The fourth-order valence-corrected chi connectivity index (χ4v) is 2.67. The Bertz CT molecular complexity index is 567. The molecule has 1 aliphatic heterocycles. The molecule has 1 aliphatic rings. The molecule has 5 nitrogen and oxygen atoms in total. The standard InChI is InChI=1S/C16H22N4O/c1-12(2)17-10-15-18-19-16(21-15)20-9-8-14(11-20)13-6-4-3-5-7-13/h3-7,12,14,17H,8-11H2,1-2H3. The number of nitrogens with one attached hydrogen (secondary N) is 1. The maximum absolute atomic E-state index is 5.74. The summed E-state index contributed by atoms with van der Waals surface area (Å²) in [5.41, 5.74) is 1.39. The van der Waals surface area contributed by atoms with Gasteiger partial charge < -0.3 is 14.6 Å². The molecule has 0 aliphatic carbocycles. The third-order valence-corrected chi connectivity index (χ3v) is 3.85. The lowest BCUT2D eigenvalue weighted by Gasteiger charge is -2.13. The molecular weight excluding hydrogens is 264 g/mol. The van der Waals surface area contributed by atoms with Crippen LogP contribution in [0.5, 0.6) is 0 Å². The topological polar surface area (TPSA) is 54.2 Å². The Morgan fingerprint density at radius 2 is 2.10 bits per heavy atom. The summed E-state index contributed by atoms with van der Waals surface area (Å²) in [5.74, 6) is 1.21. The lowest BCUT2D eigenvalue weighted by atomic mass is 9.99. The number of hydrogen-bond donors (Lipinski definition) is 1. The molecule has 2 aromatic rings. The molecule has 2 heterocycles. The summed E-state index contributed by atoms with van der Waals surface area (Å²) in [6.07, 6.45) is 1.13. The van der Waals surface area contributed by atoms with Gasteiger partial charge in [-0.3, -0.25) is 0 Å². The number of nitrogens with zero attached hydrogens (tertiary/aromatic N) is 3. The van der Waals surface area contributed by atoms with E-state index in [0.29, 0.717) is 30.4 Å². The average molecular weight is 286 g/mol. The van der Waals surface area contributed by atoms with Crippen molar-refractivity contribution in [1.29, 1.82) is 0 Å². The monoisotopic (exact) mass is 286 g/mol. The van der Waals surface area contributed by atoms with E-state index in [1.54, 1.807) is 0 Å². The maximum atomic E-state index is 5.74. The highest BCUT2D eigenvalue weighted by Gasteiger charge is 2.27. The van der Waals surface area contributed by atoms with Crippen LogP contribution >= 0.6 is 0 Å². The highest BCUT2D eigenvalue weighted by molar-refractivity contribution is 5.32. The molecular formula is C16H22N4O. The number of benzene rings is 1. The van der Waals surface area contributed by atoms with Gasteiger partial charge in [0.25, 0.3) is 0 Å². The number of hydrogen-bond acceptors (Lipinski definition) is 5. The minimum absolute atomic E-state index is 0.412. The van der Waals surface area contributed by atoms with Crippen LogP contribution in [0.25, 0.3) is 0 Å². The van der Waals surface area contributed by atoms with Crippen LogP contribution in [0.2, 0.25) is 0 Å². The lowest BCUT2D eigenvalue weighted by Crippen LogP contribution is -2.22. The minimum atomic E-state index is 0.412.